The number of Topliss-reactive ketones (excluding diaryl/α,β-unsaturated/α-hetero) is 1. The van der Waals surface area contributed by atoms with E-state index >= 15 is 0 Å². The highest BCUT2D eigenvalue weighted by atomic mass is 16.5. The van der Waals surface area contributed by atoms with E-state index in [-0.39, 0.29) is 17.6 Å². The van der Waals surface area contributed by atoms with Crippen LogP contribution in [0.15, 0.2) is 23.2 Å². The first-order chi connectivity index (χ1) is 9.11. The molecule has 0 spiro atoms. The summed E-state index contributed by atoms with van der Waals surface area (Å²) in [7, 11) is 1.48. The number of aliphatic imine (C=N–C) groups is 1. The van der Waals surface area contributed by atoms with E-state index in [1.807, 2.05) is 0 Å². The van der Waals surface area contributed by atoms with Gasteiger partial charge in [0.25, 0.3) is 5.91 Å². The molecule has 0 bridgehead atoms. The summed E-state index contributed by atoms with van der Waals surface area (Å²) >= 11 is 0. The van der Waals surface area contributed by atoms with Gasteiger partial charge >= 0.3 is 0 Å². The number of carbonyl (C=O) groups is 2. The molecular weight excluding hydrogens is 244 g/mol. The fraction of sp³-hybridized carbons (Fsp3) is 0.357. The van der Waals surface area contributed by atoms with Crippen molar-refractivity contribution in [1.29, 1.82) is 0 Å². The summed E-state index contributed by atoms with van der Waals surface area (Å²) in [5, 5.41) is 0. The number of ketones is 1. The number of fused-ring (bicyclic) bond motifs is 1. The molecule has 2 unspecified atom stereocenters. The SMILES string of the molecule is COC1=NC(=O)C(C2Cc3c(N)cccc3C2=O)C1. The third kappa shape index (κ3) is 1.73. The van der Waals surface area contributed by atoms with E-state index < -0.39 is 5.92 Å². The zero-order chi connectivity index (χ0) is 13.6. The Kier molecular flexibility index (Phi) is 2.62. The molecule has 5 heteroatoms. The van der Waals surface area contributed by atoms with Crippen molar-refractivity contribution in [2.75, 3.05) is 12.8 Å². The van der Waals surface area contributed by atoms with Crippen LogP contribution in [0.3, 0.4) is 0 Å². The zero-order valence-corrected chi connectivity index (χ0v) is 10.6. The number of benzene rings is 1. The molecule has 5 nitrogen and oxygen atoms in total. The molecule has 0 saturated heterocycles. The first-order valence-corrected chi connectivity index (χ1v) is 6.18. The Labute approximate surface area is 110 Å². The second-order valence-electron chi connectivity index (χ2n) is 4.91. The second-order valence-corrected chi connectivity index (χ2v) is 4.91. The summed E-state index contributed by atoms with van der Waals surface area (Å²) < 4.78 is 5.00. The van der Waals surface area contributed by atoms with Crippen LogP contribution in [0, 0.1) is 11.8 Å². The van der Waals surface area contributed by atoms with Crippen molar-refractivity contribution in [1.82, 2.24) is 0 Å². The molecule has 1 aromatic carbocycles. The lowest BCUT2D eigenvalue weighted by molar-refractivity contribution is -0.121. The minimum absolute atomic E-state index is 0.00629. The Morgan fingerprint density at radius 3 is 2.68 bits per heavy atom. The summed E-state index contributed by atoms with van der Waals surface area (Å²) in [5.74, 6) is -0.626. The summed E-state index contributed by atoms with van der Waals surface area (Å²) in [6.07, 6.45) is 0.920. The average Bonchev–Trinajstić information content (AvgIpc) is 2.92. The molecule has 0 fully saturated rings. The van der Waals surface area contributed by atoms with E-state index in [1.165, 1.54) is 7.11 Å². The average molecular weight is 258 g/mol. The number of ether oxygens (including phenoxy) is 1. The van der Waals surface area contributed by atoms with Crippen LogP contribution in [0.4, 0.5) is 5.69 Å². The van der Waals surface area contributed by atoms with Gasteiger partial charge in [0.1, 0.15) is 0 Å². The van der Waals surface area contributed by atoms with Gasteiger partial charge < -0.3 is 10.5 Å². The van der Waals surface area contributed by atoms with Crippen LogP contribution >= 0.6 is 0 Å². The first-order valence-electron chi connectivity index (χ1n) is 6.18. The van der Waals surface area contributed by atoms with Crippen molar-refractivity contribution in [2.45, 2.75) is 12.8 Å². The molecule has 98 valence electrons. The van der Waals surface area contributed by atoms with Crippen molar-refractivity contribution < 1.29 is 14.3 Å². The van der Waals surface area contributed by atoms with Crippen molar-refractivity contribution in [3.8, 4) is 0 Å². The number of nitrogen functional groups attached to an aromatic ring is 1. The number of nitrogens with two attached hydrogens (primary N) is 1. The Bertz CT molecular complexity index is 607. The van der Waals surface area contributed by atoms with Gasteiger partial charge in [0.2, 0.25) is 0 Å². The molecule has 19 heavy (non-hydrogen) atoms. The van der Waals surface area contributed by atoms with Gasteiger partial charge in [0.15, 0.2) is 11.7 Å². The lowest BCUT2D eigenvalue weighted by Crippen LogP contribution is -2.25. The standard InChI is InChI=1S/C14H14N2O3/c1-19-12-6-10(14(18)16-12)9-5-8-7(13(9)17)3-2-4-11(8)15/h2-4,9-10H,5-6,15H2,1H3. The van der Waals surface area contributed by atoms with E-state index in [0.29, 0.717) is 30.0 Å². The van der Waals surface area contributed by atoms with E-state index in [2.05, 4.69) is 4.99 Å². The number of amides is 1. The Balaban J connectivity index is 1.89. The Hall–Kier alpha value is -2.17. The van der Waals surface area contributed by atoms with E-state index in [0.717, 1.165) is 5.56 Å². The topological polar surface area (TPSA) is 81.8 Å². The molecule has 3 rings (SSSR count). The molecule has 1 aromatic rings. The maximum absolute atomic E-state index is 12.4. The van der Waals surface area contributed by atoms with Crippen LogP contribution in [0.5, 0.6) is 0 Å². The fourth-order valence-electron chi connectivity index (χ4n) is 2.87. The van der Waals surface area contributed by atoms with Gasteiger partial charge in [-0.1, -0.05) is 12.1 Å². The van der Waals surface area contributed by atoms with Crippen LogP contribution in [0.2, 0.25) is 0 Å². The van der Waals surface area contributed by atoms with Gasteiger partial charge in [0, 0.05) is 23.6 Å². The molecule has 1 aliphatic carbocycles. The summed E-state index contributed by atoms with van der Waals surface area (Å²) in [4.78, 5) is 28.1. The first kappa shape index (κ1) is 11.9. The minimum Gasteiger partial charge on any atom is -0.484 e. The van der Waals surface area contributed by atoms with Gasteiger partial charge in [0.05, 0.1) is 13.0 Å². The molecule has 2 aliphatic rings. The minimum atomic E-state index is -0.408. The molecule has 1 heterocycles. The number of hydrogen-bond donors (Lipinski definition) is 1. The molecule has 2 atom stereocenters. The van der Waals surface area contributed by atoms with Crippen molar-refractivity contribution >= 4 is 23.3 Å². The molecule has 0 radical (unpaired) electrons. The third-order valence-electron chi connectivity index (χ3n) is 3.91. The van der Waals surface area contributed by atoms with Crippen LogP contribution < -0.4 is 5.73 Å². The number of rotatable bonds is 1. The van der Waals surface area contributed by atoms with Crippen LogP contribution in [-0.4, -0.2) is 24.7 Å². The molecule has 1 aliphatic heterocycles. The number of nitrogens with zero attached hydrogens (tertiary/aromatic N) is 1. The molecule has 0 saturated carbocycles. The van der Waals surface area contributed by atoms with Crippen molar-refractivity contribution in [3.05, 3.63) is 29.3 Å². The summed E-state index contributed by atoms with van der Waals surface area (Å²) in [5.41, 5.74) is 8.01. The summed E-state index contributed by atoms with van der Waals surface area (Å²) in [6, 6.07) is 5.32. The largest absolute Gasteiger partial charge is 0.484 e. The number of hydrogen-bond acceptors (Lipinski definition) is 4. The van der Waals surface area contributed by atoms with Gasteiger partial charge in [-0.05, 0) is 18.1 Å². The van der Waals surface area contributed by atoms with Crippen LogP contribution in [0.25, 0.3) is 0 Å². The van der Waals surface area contributed by atoms with Gasteiger partial charge in [-0.2, -0.15) is 4.99 Å². The lowest BCUT2D eigenvalue weighted by atomic mass is 9.87. The highest BCUT2D eigenvalue weighted by Gasteiger charge is 2.43. The van der Waals surface area contributed by atoms with Crippen LogP contribution in [-0.2, 0) is 16.0 Å². The molecule has 0 aromatic heterocycles. The maximum atomic E-state index is 12.4. The van der Waals surface area contributed by atoms with Crippen molar-refractivity contribution in [3.63, 3.8) is 0 Å². The van der Waals surface area contributed by atoms with Crippen molar-refractivity contribution in [2.24, 2.45) is 16.8 Å². The van der Waals surface area contributed by atoms with Crippen LogP contribution in [0.1, 0.15) is 22.3 Å². The Morgan fingerprint density at radius 2 is 2.05 bits per heavy atom. The van der Waals surface area contributed by atoms with Gasteiger partial charge in [-0.25, -0.2) is 0 Å². The fourth-order valence-corrected chi connectivity index (χ4v) is 2.87. The molecule has 2 N–H and O–H groups in total. The smallest absolute Gasteiger partial charge is 0.253 e. The molecule has 1 amide bonds. The second kappa shape index (κ2) is 4.19. The number of carbonyl (C=O) groups excluding carboxylic acids is 2. The monoisotopic (exact) mass is 258 g/mol. The highest BCUT2D eigenvalue weighted by molar-refractivity contribution is 6.08. The summed E-state index contributed by atoms with van der Waals surface area (Å²) in [6.45, 7) is 0. The predicted molar refractivity (Wildman–Crippen MR) is 69.9 cm³/mol. The highest BCUT2D eigenvalue weighted by Crippen LogP contribution is 2.38. The maximum Gasteiger partial charge on any atom is 0.253 e. The molecular formula is C14H14N2O3. The van der Waals surface area contributed by atoms with E-state index in [1.54, 1.807) is 18.2 Å². The van der Waals surface area contributed by atoms with Gasteiger partial charge in [-0.3, -0.25) is 9.59 Å². The number of methoxy groups -OCH3 is 1. The Morgan fingerprint density at radius 1 is 1.26 bits per heavy atom. The van der Waals surface area contributed by atoms with E-state index in [9.17, 15) is 9.59 Å². The lowest BCUT2D eigenvalue weighted by Gasteiger charge is -2.13. The normalized spacial score (nSPS) is 25.4. The van der Waals surface area contributed by atoms with E-state index in [4.69, 9.17) is 10.5 Å². The quantitative estimate of drug-likeness (QED) is 0.768. The number of anilines is 1. The third-order valence-corrected chi connectivity index (χ3v) is 3.91. The zero-order valence-electron chi connectivity index (χ0n) is 10.6. The predicted octanol–water partition coefficient (Wildman–Crippen LogP) is 1.22. The van der Waals surface area contributed by atoms with Gasteiger partial charge in [-0.15, -0.1) is 0 Å².